The number of hydrogen-bond donors (Lipinski definition) is 0. The molecule has 0 aromatic carbocycles. The van der Waals surface area contributed by atoms with Crippen LogP contribution >= 0.6 is 0 Å². The number of hydrogen-bond acceptors (Lipinski definition) is 2. The van der Waals surface area contributed by atoms with Crippen LogP contribution in [-0.2, 0) is 6.54 Å². The maximum Gasteiger partial charge on any atom is 0.139 e. The highest BCUT2D eigenvalue weighted by Crippen LogP contribution is 2.02. The van der Waals surface area contributed by atoms with Gasteiger partial charge in [0.05, 0.1) is 18.7 Å². The molecule has 1 heterocycles. The largest absolute Gasteiger partial charge is 0.322 e. The van der Waals surface area contributed by atoms with E-state index in [1.165, 1.54) is 13.1 Å². The van der Waals surface area contributed by atoms with Crippen LogP contribution in [0.4, 0.5) is 4.39 Å². The maximum atomic E-state index is 12.4. The van der Waals surface area contributed by atoms with Crippen LogP contribution in [-0.4, -0.2) is 15.7 Å². The molecule has 0 fully saturated rings. The van der Waals surface area contributed by atoms with E-state index in [9.17, 15) is 4.39 Å². The van der Waals surface area contributed by atoms with Gasteiger partial charge in [-0.05, 0) is 13.3 Å². The summed E-state index contributed by atoms with van der Waals surface area (Å²) in [5.41, 5.74) is 0.482. The molecule has 0 radical (unpaired) electrons. The number of alkyl halides is 1. The first kappa shape index (κ1) is 8.72. The summed E-state index contributed by atoms with van der Waals surface area (Å²) in [5.74, 6) is 0. The summed E-state index contributed by atoms with van der Waals surface area (Å²) in [5, 5.41) is 8.57. The number of nitrogens with zero attached hydrogens (tertiary/aromatic N) is 3. The molecule has 3 nitrogen and oxygen atoms in total. The zero-order chi connectivity index (χ0) is 8.97. The van der Waals surface area contributed by atoms with Crippen LogP contribution in [0.1, 0.15) is 19.0 Å². The van der Waals surface area contributed by atoms with Crippen LogP contribution in [0, 0.1) is 11.3 Å². The Kier molecular flexibility index (Phi) is 2.81. The molecule has 12 heavy (non-hydrogen) atoms. The normalized spacial score (nSPS) is 12.4. The minimum absolute atomic E-state index is 0.422. The van der Waals surface area contributed by atoms with Gasteiger partial charge in [0, 0.05) is 6.54 Å². The van der Waals surface area contributed by atoms with Gasteiger partial charge in [-0.15, -0.1) is 0 Å². The number of halogens is 1. The average molecular weight is 167 g/mol. The lowest BCUT2D eigenvalue weighted by molar-refractivity contribution is 0.325. The van der Waals surface area contributed by atoms with Gasteiger partial charge in [-0.25, -0.2) is 9.37 Å². The van der Waals surface area contributed by atoms with Crippen LogP contribution in [0.3, 0.4) is 0 Å². The second kappa shape index (κ2) is 3.86. The van der Waals surface area contributed by atoms with Crippen molar-refractivity contribution in [2.75, 3.05) is 0 Å². The Morgan fingerprint density at radius 3 is 3.17 bits per heavy atom. The molecular weight excluding hydrogens is 157 g/mol. The highest BCUT2D eigenvalue weighted by Gasteiger charge is 2.02. The van der Waals surface area contributed by atoms with Crippen molar-refractivity contribution < 1.29 is 4.39 Å². The topological polar surface area (TPSA) is 41.6 Å². The predicted molar refractivity (Wildman–Crippen MR) is 42.1 cm³/mol. The van der Waals surface area contributed by atoms with E-state index in [4.69, 9.17) is 5.26 Å². The van der Waals surface area contributed by atoms with E-state index in [1.54, 1.807) is 10.9 Å². The molecular formula is C8H10FN3. The van der Waals surface area contributed by atoms with Gasteiger partial charge < -0.3 is 4.57 Å². The number of aryl methyl sites for hydroxylation is 1. The molecule has 64 valence electrons. The van der Waals surface area contributed by atoms with E-state index in [0.29, 0.717) is 18.7 Å². The molecule has 0 spiro atoms. The van der Waals surface area contributed by atoms with E-state index < -0.39 is 6.17 Å². The summed E-state index contributed by atoms with van der Waals surface area (Å²) >= 11 is 0. The Bertz CT molecular complexity index is 285. The maximum absolute atomic E-state index is 12.4. The first-order chi connectivity index (χ1) is 5.74. The van der Waals surface area contributed by atoms with E-state index in [-0.39, 0.29) is 0 Å². The van der Waals surface area contributed by atoms with Crippen molar-refractivity contribution in [1.82, 2.24) is 9.55 Å². The lowest BCUT2D eigenvalue weighted by Gasteiger charge is -2.03. The van der Waals surface area contributed by atoms with Crippen LogP contribution < -0.4 is 0 Å². The number of imidazole rings is 1. The molecule has 4 heteroatoms. The van der Waals surface area contributed by atoms with Crippen LogP contribution in [0.2, 0.25) is 0 Å². The van der Waals surface area contributed by atoms with Gasteiger partial charge in [-0.1, -0.05) is 0 Å². The monoisotopic (exact) mass is 167 g/mol. The van der Waals surface area contributed by atoms with Gasteiger partial charge >= 0.3 is 0 Å². The lowest BCUT2D eigenvalue weighted by atomic mass is 10.3. The Morgan fingerprint density at radius 1 is 1.83 bits per heavy atom. The SMILES string of the molecule is CC(F)CCn1cncc1C#N. The summed E-state index contributed by atoms with van der Waals surface area (Å²) in [6.45, 7) is 2.02. The van der Waals surface area contributed by atoms with E-state index in [2.05, 4.69) is 4.98 Å². The summed E-state index contributed by atoms with van der Waals surface area (Å²) in [7, 11) is 0. The molecule has 1 aromatic rings. The summed E-state index contributed by atoms with van der Waals surface area (Å²) in [6, 6.07) is 1.98. The zero-order valence-corrected chi connectivity index (χ0v) is 6.87. The third-order valence-electron chi connectivity index (χ3n) is 1.59. The van der Waals surface area contributed by atoms with Gasteiger partial charge in [0.25, 0.3) is 0 Å². The van der Waals surface area contributed by atoms with Gasteiger partial charge in [-0.2, -0.15) is 5.26 Å². The van der Waals surface area contributed by atoms with Crippen molar-refractivity contribution in [1.29, 1.82) is 5.26 Å². The average Bonchev–Trinajstić information content (AvgIpc) is 2.47. The molecule has 1 rings (SSSR count). The quantitative estimate of drug-likeness (QED) is 0.684. The Morgan fingerprint density at radius 2 is 2.58 bits per heavy atom. The van der Waals surface area contributed by atoms with Crippen molar-refractivity contribution in [2.24, 2.45) is 0 Å². The molecule has 0 aliphatic carbocycles. The Hall–Kier alpha value is -1.37. The second-order valence-electron chi connectivity index (χ2n) is 2.65. The van der Waals surface area contributed by atoms with Crippen molar-refractivity contribution in [3.8, 4) is 6.07 Å². The minimum Gasteiger partial charge on any atom is -0.322 e. The Labute approximate surface area is 70.5 Å². The fourth-order valence-corrected chi connectivity index (χ4v) is 0.909. The van der Waals surface area contributed by atoms with Crippen LogP contribution in [0.15, 0.2) is 12.5 Å². The molecule has 0 amide bonds. The first-order valence-electron chi connectivity index (χ1n) is 3.78. The van der Waals surface area contributed by atoms with Gasteiger partial charge in [0.15, 0.2) is 0 Å². The van der Waals surface area contributed by atoms with Gasteiger partial charge in [-0.3, -0.25) is 0 Å². The Balaban J connectivity index is 2.58. The van der Waals surface area contributed by atoms with Crippen LogP contribution in [0.5, 0.6) is 0 Å². The third-order valence-corrected chi connectivity index (χ3v) is 1.59. The summed E-state index contributed by atoms with van der Waals surface area (Å²) in [6.07, 6.45) is 2.61. The zero-order valence-electron chi connectivity index (χ0n) is 6.87. The highest BCUT2D eigenvalue weighted by atomic mass is 19.1. The van der Waals surface area contributed by atoms with E-state index in [1.807, 2.05) is 6.07 Å². The van der Waals surface area contributed by atoms with Gasteiger partial charge in [0.2, 0.25) is 0 Å². The smallest absolute Gasteiger partial charge is 0.139 e. The molecule has 0 aliphatic heterocycles. The molecule has 0 aliphatic rings. The third kappa shape index (κ3) is 2.06. The number of nitriles is 1. The highest BCUT2D eigenvalue weighted by molar-refractivity contribution is 5.16. The lowest BCUT2D eigenvalue weighted by Crippen LogP contribution is -2.04. The van der Waals surface area contributed by atoms with Gasteiger partial charge in [0.1, 0.15) is 11.8 Å². The fraction of sp³-hybridized carbons (Fsp3) is 0.500. The minimum atomic E-state index is -0.834. The second-order valence-corrected chi connectivity index (χ2v) is 2.65. The van der Waals surface area contributed by atoms with Crippen LogP contribution in [0.25, 0.3) is 0 Å². The first-order valence-corrected chi connectivity index (χ1v) is 3.78. The molecule has 1 atom stereocenters. The predicted octanol–water partition coefficient (Wildman–Crippen LogP) is 1.50. The molecule has 0 saturated carbocycles. The molecule has 1 aromatic heterocycles. The van der Waals surface area contributed by atoms with E-state index in [0.717, 1.165) is 0 Å². The van der Waals surface area contributed by atoms with E-state index >= 15 is 0 Å². The summed E-state index contributed by atoms with van der Waals surface area (Å²) < 4.78 is 14.1. The molecule has 0 bridgehead atoms. The van der Waals surface area contributed by atoms with Crippen molar-refractivity contribution in [2.45, 2.75) is 26.1 Å². The van der Waals surface area contributed by atoms with Crippen molar-refractivity contribution in [3.05, 3.63) is 18.2 Å². The summed E-state index contributed by atoms with van der Waals surface area (Å²) in [4.78, 5) is 3.79. The van der Waals surface area contributed by atoms with Crippen molar-refractivity contribution >= 4 is 0 Å². The number of aromatic nitrogens is 2. The molecule has 1 unspecified atom stereocenters. The number of rotatable bonds is 3. The fourth-order valence-electron chi connectivity index (χ4n) is 0.909. The molecule has 0 N–H and O–H groups in total. The van der Waals surface area contributed by atoms with Crippen molar-refractivity contribution in [3.63, 3.8) is 0 Å². The standard InChI is InChI=1S/C8H10FN3/c1-7(9)2-3-12-6-11-5-8(12)4-10/h5-7H,2-3H2,1H3. The molecule has 0 saturated heterocycles.